The molecule has 0 fully saturated rings. The van der Waals surface area contributed by atoms with Gasteiger partial charge in [-0.2, -0.15) is 0 Å². The number of carbonyl (C=O) groups excluding carboxylic acids is 1. The summed E-state index contributed by atoms with van der Waals surface area (Å²) < 4.78 is 6.78. The maximum atomic E-state index is 12.0. The van der Waals surface area contributed by atoms with Gasteiger partial charge >= 0.3 is 0 Å². The summed E-state index contributed by atoms with van der Waals surface area (Å²) >= 11 is 9.21. The highest BCUT2D eigenvalue weighted by atomic mass is 79.9. The van der Waals surface area contributed by atoms with Gasteiger partial charge in [-0.05, 0) is 48.5 Å². The van der Waals surface area contributed by atoms with E-state index in [1.807, 2.05) is 36.4 Å². The molecule has 116 valence electrons. The minimum atomic E-state index is -0.164. The Morgan fingerprint density at radius 1 is 1.00 bits per heavy atom. The summed E-state index contributed by atoms with van der Waals surface area (Å²) in [6, 6.07) is 18.4. The molecule has 1 heterocycles. The monoisotopic (exact) mass is 389 g/mol. The van der Waals surface area contributed by atoms with E-state index in [0.717, 1.165) is 15.8 Å². The standard InChI is InChI=1S/C18H13BrClNO2/c19-14-5-1-12(2-6-14)17-10-9-16(23-17)11-21-18(22)13-3-7-15(20)8-4-13/h1-10H,11H2,(H,21,22). The molecule has 0 unspecified atom stereocenters. The fourth-order valence-corrected chi connectivity index (χ4v) is 2.50. The fourth-order valence-electron chi connectivity index (χ4n) is 2.11. The van der Waals surface area contributed by atoms with Gasteiger partial charge in [0.25, 0.3) is 5.91 Å². The van der Waals surface area contributed by atoms with Crippen LogP contribution in [-0.2, 0) is 6.54 Å². The molecular weight excluding hydrogens is 378 g/mol. The molecule has 2 aromatic carbocycles. The van der Waals surface area contributed by atoms with E-state index in [1.54, 1.807) is 24.3 Å². The van der Waals surface area contributed by atoms with Crippen molar-refractivity contribution in [2.45, 2.75) is 6.54 Å². The van der Waals surface area contributed by atoms with Gasteiger partial charge in [0.2, 0.25) is 0 Å². The minimum absolute atomic E-state index is 0.164. The summed E-state index contributed by atoms with van der Waals surface area (Å²) in [5.74, 6) is 1.31. The topological polar surface area (TPSA) is 42.2 Å². The Morgan fingerprint density at radius 3 is 2.39 bits per heavy atom. The molecule has 1 N–H and O–H groups in total. The zero-order valence-corrected chi connectivity index (χ0v) is 14.4. The fraction of sp³-hybridized carbons (Fsp3) is 0.0556. The van der Waals surface area contributed by atoms with Crippen LogP contribution in [-0.4, -0.2) is 5.91 Å². The van der Waals surface area contributed by atoms with E-state index in [4.69, 9.17) is 16.0 Å². The average Bonchev–Trinajstić information content (AvgIpc) is 3.03. The Balaban J connectivity index is 1.64. The molecule has 0 atom stereocenters. The van der Waals surface area contributed by atoms with Crippen molar-refractivity contribution >= 4 is 33.4 Å². The van der Waals surface area contributed by atoms with E-state index in [9.17, 15) is 4.79 Å². The summed E-state index contributed by atoms with van der Waals surface area (Å²) in [5.41, 5.74) is 1.55. The zero-order valence-electron chi connectivity index (χ0n) is 12.1. The van der Waals surface area contributed by atoms with Gasteiger partial charge < -0.3 is 9.73 Å². The maximum Gasteiger partial charge on any atom is 0.251 e. The number of nitrogens with one attached hydrogen (secondary N) is 1. The van der Waals surface area contributed by atoms with Crippen molar-refractivity contribution < 1.29 is 9.21 Å². The van der Waals surface area contributed by atoms with Crippen molar-refractivity contribution in [3.8, 4) is 11.3 Å². The van der Waals surface area contributed by atoms with Crippen molar-refractivity contribution in [2.75, 3.05) is 0 Å². The first kappa shape index (κ1) is 15.8. The molecule has 0 radical (unpaired) electrons. The largest absolute Gasteiger partial charge is 0.459 e. The predicted molar refractivity (Wildman–Crippen MR) is 94.5 cm³/mol. The molecule has 0 spiro atoms. The molecule has 3 aromatic rings. The lowest BCUT2D eigenvalue weighted by Crippen LogP contribution is -2.22. The van der Waals surface area contributed by atoms with Gasteiger partial charge in [-0.25, -0.2) is 0 Å². The lowest BCUT2D eigenvalue weighted by molar-refractivity contribution is 0.0948. The van der Waals surface area contributed by atoms with Crippen molar-refractivity contribution in [3.05, 3.63) is 81.5 Å². The normalized spacial score (nSPS) is 10.5. The molecule has 0 aliphatic carbocycles. The zero-order chi connectivity index (χ0) is 16.2. The van der Waals surface area contributed by atoms with Gasteiger partial charge in [0.1, 0.15) is 11.5 Å². The Labute approximate surface area is 147 Å². The predicted octanol–water partition coefficient (Wildman–Crippen LogP) is 5.29. The van der Waals surface area contributed by atoms with Gasteiger partial charge in [-0.1, -0.05) is 39.7 Å². The molecule has 1 aromatic heterocycles. The molecule has 1 amide bonds. The van der Waals surface area contributed by atoms with Crippen LogP contribution in [0.2, 0.25) is 5.02 Å². The number of rotatable bonds is 4. The minimum Gasteiger partial charge on any atom is -0.459 e. The Morgan fingerprint density at radius 2 is 1.70 bits per heavy atom. The third kappa shape index (κ3) is 4.03. The summed E-state index contributed by atoms with van der Waals surface area (Å²) in [4.78, 5) is 12.0. The van der Waals surface area contributed by atoms with E-state index in [2.05, 4.69) is 21.2 Å². The van der Waals surface area contributed by atoms with Crippen LogP contribution >= 0.6 is 27.5 Å². The molecular formula is C18H13BrClNO2. The van der Waals surface area contributed by atoms with Gasteiger partial charge in [-0.15, -0.1) is 0 Å². The number of benzene rings is 2. The Hall–Kier alpha value is -2.04. The molecule has 3 nitrogen and oxygen atoms in total. The summed E-state index contributed by atoms with van der Waals surface area (Å²) in [6.07, 6.45) is 0. The summed E-state index contributed by atoms with van der Waals surface area (Å²) in [6.45, 7) is 0.331. The maximum absolute atomic E-state index is 12.0. The molecule has 0 saturated heterocycles. The first-order valence-electron chi connectivity index (χ1n) is 7.00. The van der Waals surface area contributed by atoms with Crippen molar-refractivity contribution in [2.24, 2.45) is 0 Å². The molecule has 0 bridgehead atoms. The van der Waals surface area contributed by atoms with Gasteiger partial charge in [-0.3, -0.25) is 4.79 Å². The molecule has 23 heavy (non-hydrogen) atoms. The molecule has 3 rings (SSSR count). The van der Waals surface area contributed by atoms with Crippen molar-refractivity contribution in [1.82, 2.24) is 5.32 Å². The lowest BCUT2D eigenvalue weighted by Gasteiger charge is -2.03. The van der Waals surface area contributed by atoms with Gasteiger partial charge in [0.15, 0.2) is 0 Å². The van der Waals surface area contributed by atoms with E-state index < -0.39 is 0 Å². The second kappa shape index (κ2) is 7.02. The van der Waals surface area contributed by atoms with E-state index >= 15 is 0 Å². The number of halogens is 2. The number of hydrogen-bond acceptors (Lipinski definition) is 2. The van der Waals surface area contributed by atoms with Crippen LogP contribution in [0.5, 0.6) is 0 Å². The highest BCUT2D eigenvalue weighted by Gasteiger charge is 2.08. The summed E-state index contributed by atoms with van der Waals surface area (Å²) in [7, 11) is 0. The summed E-state index contributed by atoms with van der Waals surface area (Å²) in [5, 5.41) is 3.43. The number of furan rings is 1. The lowest BCUT2D eigenvalue weighted by atomic mass is 10.2. The smallest absolute Gasteiger partial charge is 0.251 e. The van der Waals surface area contributed by atoms with Crippen molar-refractivity contribution in [1.29, 1.82) is 0 Å². The van der Waals surface area contributed by atoms with Gasteiger partial charge in [0, 0.05) is 20.6 Å². The van der Waals surface area contributed by atoms with Crippen LogP contribution in [0.1, 0.15) is 16.1 Å². The Kier molecular flexibility index (Phi) is 4.84. The first-order valence-corrected chi connectivity index (χ1v) is 8.17. The van der Waals surface area contributed by atoms with E-state index in [1.165, 1.54) is 0 Å². The van der Waals surface area contributed by atoms with E-state index in [0.29, 0.717) is 22.9 Å². The second-order valence-corrected chi connectivity index (χ2v) is 6.31. The Bertz CT molecular complexity index is 810. The first-order chi connectivity index (χ1) is 11.1. The molecule has 0 saturated carbocycles. The quantitative estimate of drug-likeness (QED) is 0.657. The van der Waals surface area contributed by atoms with Gasteiger partial charge in [0.05, 0.1) is 6.54 Å². The highest BCUT2D eigenvalue weighted by Crippen LogP contribution is 2.24. The van der Waals surface area contributed by atoms with E-state index in [-0.39, 0.29) is 5.91 Å². The van der Waals surface area contributed by atoms with Crippen LogP contribution in [0.3, 0.4) is 0 Å². The molecule has 5 heteroatoms. The SMILES string of the molecule is O=C(NCc1ccc(-c2ccc(Br)cc2)o1)c1ccc(Cl)cc1. The highest BCUT2D eigenvalue weighted by molar-refractivity contribution is 9.10. The third-order valence-electron chi connectivity index (χ3n) is 3.32. The van der Waals surface area contributed by atoms with Crippen molar-refractivity contribution in [3.63, 3.8) is 0 Å². The van der Waals surface area contributed by atoms with Crippen LogP contribution in [0, 0.1) is 0 Å². The van der Waals surface area contributed by atoms with Crippen LogP contribution in [0.4, 0.5) is 0 Å². The molecule has 0 aliphatic rings. The van der Waals surface area contributed by atoms with Crippen LogP contribution in [0.15, 0.2) is 69.6 Å². The number of amides is 1. The van der Waals surface area contributed by atoms with Crippen LogP contribution in [0.25, 0.3) is 11.3 Å². The second-order valence-electron chi connectivity index (χ2n) is 4.96. The average molecular weight is 391 g/mol. The van der Waals surface area contributed by atoms with Crippen LogP contribution < -0.4 is 5.32 Å². The third-order valence-corrected chi connectivity index (χ3v) is 4.10. The molecule has 0 aliphatic heterocycles. The number of carbonyl (C=O) groups is 1. The number of hydrogen-bond donors (Lipinski definition) is 1.